The van der Waals surface area contributed by atoms with Gasteiger partial charge >= 0.3 is 0 Å². The highest BCUT2D eigenvalue weighted by atomic mass is 35.5. The van der Waals surface area contributed by atoms with Crippen molar-refractivity contribution < 1.29 is 0 Å². The van der Waals surface area contributed by atoms with E-state index in [0.717, 1.165) is 48.5 Å². The number of aromatic nitrogens is 2. The number of nitrogens with zero attached hydrogens (tertiary/aromatic N) is 4. The van der Waals surface area contributed by atoms with E-state index in [1.807, 2.05) is 42.5 Å². The monoisotopic (exact) mass is 414 g/mol. The minimum Gasteiger partial charge on any atom is -0.338 e. The van der Waals surface area contributed by atoms with Crippen molar-refractivity contribution in [3.8, 4) is 11.4 Å². The van der Waals surface area contributed by atoms with Gasteiger partial charge in [-0.25, -0.2) is 9.97 Å². The predicted octanol–water partition coefficient (Wildman–Crippen LogP) is 5.15. The first-order valence-electron chi connectivity index (χ1n) is 10.3. The Kier molecular flexibility index (Phi) is 5.35. The zero-order valence-electron chi connectivity index (χ0n) is 16.7. The molecule has 5 heteroatoms. The number of piperazine rings is 1. The molecule has 1 unspecified atom stereocenters. The van der Waals surface area contributed by atoms with E-state index in [0.29, 0.717) is 0 Å². The van der Waals surface area contributed by atoms with Gasteiger partial charge in [0.05, 0.1) is 17.4 Å². The van der Waals surface area contributed by atoms with Gasteiger partial charge in [-0.1, -0.05) is 72.3 Å². The minimum absolute atomic E-state index is 0.212. The molecule has 2 aromatic carbocycles. The van der Waals surface area contributed by atoms with Crippen molar-refractivity contribution in [2.75, 3.05) is 31.1 Å². The highest BCUT2D eigenvalue weighted by Gasteiger charge is 2.28. The molecule has 1 atom stereocenters. The van der Waals surface area contributed by atoms with E-state index in [4.69, 9.17) is 21.6 Å². The molecule has 0 aromatic heterocycles. The van der Waals surface area contributed by atoms with Crippen LogP contribution in [0.1, 0.15) is 17.2 Å². The van der Waals surface area contributed by atoms with Gasteiger partial charge in [-0.2, -0.15) is 0 Å². The van der Waals surface area contributed by atoms with Gasteiger partial charge in [0.25, 0.3) is 0 Å². The second kappa shape index (κ2) is 8.42. The molecule has 3 aliphatic rings. The Bertz CT molecular complexity index is 1040. The second-order valence-corrected chi connectivity index (χ2v) is 8.03. The van der Waals surface area contributed by atoms with Gasteiger partial charge in [0.2, 0.25) is 5.95 Å². The van der Waals surface area contributed by atoms with Crippen LogP contribution in [0.5, 0.6) is 0 Å². The zero-order chi connectivity index (χ0) is 20.3. The van der Waals surface area contributed by atoms with E-state index in [1.54, 1.807) is 0 Å². The molecule has 0 spiro atoms. The molecular formula is C25H23ClN4. The van der Waals surface area contributed by atoms with Crippen LogP contribution in [-0.2, 0) is 0 Å². The quantitative estimate of drug-likeness (QED) is 0.462. The summed E-state index contributed by atoms with van der Waals surface area (Å²) in [6, 6.07) is 29.2. The number of benzene rings is 2. The number of anilines is 1. The fourth-order valence-electron chi connectivity index (χ4n) is 4.17. The number of fused-ring (bicyclic) bond motifs is 1. The molecule has 0 radical (unpaired) electrons. The third-order valence-electron chi connectivity index (χ3n) is 5.70. The van der Waals surface area contributed by atoms with Crippen molar-refractivity contribution in [3.05, 3.63) is 101 Å². The minimum atomic E-state index is 0.212. The summed E-state index contributed by atoms with van der Waals surface area (Å²) in [5, 5.41) is 0.768. The first-order valence-corrected chi connectivity index (χ1v) is 10.7. The van der Waals surface area contributed by atoms with E-state index in [-0.39, 0.29) is 6.04 Å². The van der Waals surface area contributed by atoms with E-state index >= 15 is 0 Å². The normalized spacial score (nSPS) is 16.0. The molecule has 2 heterocycles. The largest absolute Gasteiger partial charge is 0.338 e. The molecule has 0 bridgehead atoms. The summed E-state index contributed by atoms with van der Waals surface area (Å²) in [5.41, 5.74) is 4.46. The molecule has 2 aromatic rings. The molecule has 2 aliphatic heterocycles. The number of halogens is 1. The van der Waals surface area contributed by atoms with Crippen LogP contribution < -0.4 is 4.90 Å². The van der Waals surface area contributed by atoms with E-state index < -0.39 is 0 Å². The van der Waals surface area contributed by atoms with Gasteiger partial charge in [0.1, 0.15) is 0 Å². The first kappa shape index (κ1) is 19.0. The lowest BCUT2D eigenvalue weighted by atomic mass is 9.96. The Balaban J connectivity index is 1.38. The summed E-state index contributed by atoms with van der Waals surface area (Å²) in [5.74, 6) is 0.832. The number of imidazole rings is 1. The molecule has 4 nitrogen and oxygen atoms in total. The van der Waals surface area contributed by atoms with Crippen LogP contribution >= 0.6 is 11.6 Å². The maximum Gasteiger partial charge on any atom is 0.226 e. The van der Waals surface area contributed by atoms with Crippen molar-refractivity contribution in [2.24, 2.45) is 0 Å². The van der Waals surface area contributed by atoms with Crippen LogP contribution in [-0.4, -0.2) is 41.0 Å². The highest BCUT2D eigenvalue weighted by molar-refractivity contribution is 6.30. The van der Waals surface area contributed by atoms with Crippen molar-refractivity contribution in [1.82, 2.24) is 14.9 Å². The third-order valence-corrected chi connectivity index (χ3v) is 5.95. The Morgan fingerprint density at radius 3 is 1.77 bits per heavy atom. The lowest BCUT2D eigenvalue weighted by Gasteiger charge is -2.39. The Labute approximate surface area is 182 Å². The zero-order valence-corrected chi connectivity index (χ0v) is 17.4. The summed E-state index contributed by atoms with van der Waals surface area (Å²) in [6.07, 6.45) is 0. The van der Waals surface area contributed by atoms with Crippen LogP contribution in [0.3, 0.4) is 0 Å². The SMILES string of the molecule is Clc1ccc(C(c2ccccc2)N2CCN(c3nc4cccccc-4n3)CC2)cc1. The molecule has 1 fully saturated rings. The van der Waals surface area contributed by atoms with Gasteiger partial charge in [0, 0.05) is 31.2 Å². The van der Waals surface area contributed by atoms with Crippen molar-refractivity contribution in [3.63, 3.8) is 0 Å². The van der Waals surface area contributed by atoms with Gasteiger partial charge < -0.3 is 4.90 Å². The van der Waals surface area contributed by atoms with E-state index in [1.165, 1.54) is 11.1 Å². The molecule has 0 N–H and O–H groups in total. The Hall–Kier alpha value is -2.95. The third kappa shape index (κ3) is 3.89. The fraction of sp³-hybridized carbons (Fsp3) is 0.200. The predicted molar refractivity (Wildman–Crippen MR) is 122 cm³/mol. The van der Waals surface area contributed by atoms with Gasteiger partial charge in [-0.05, 0) is 35.4 Å². The molecule has 150 valence electrons. The highest BCUT2D eigenvalue weighted by Crippen LogP contribution is 2.31. The molecule has 5 rings (SSSR count). The number of hydrogen-bond donors (Lipinski definition) is 0. The first-order chi connectivity index (χ1) is 14.8. The summed E-state index contributed by atoms with van der Waals surface area (Å²) < 4.78 is 0. The van der Waals surface area contributed by atoms with Crippen LogP contribution in [0.2, 0.25) is 5.02 Å². The molecule has 1 saturated heterocycles. The Morgan fingerprint density at radius 2 is 1.17 bits per heavy atom. The summed E-state index contributed by atoms with van der Waals surface area (Å²) in [4.78, 5) is 14.3. The summed E-state index contributed by atoms with van der Waals surface area (Å²) in [7, 11) is 0. The van der Waals surface area contributed by atoms with Gasteiger partial charge in [-0.3, -0.25) is 4.90 Å². The average Bonchev–Trinajstić information content (AvgIpc) is 3.07. The van der Waals surface area contributed by atoms with Crippen molar-refractivity contribution in [2.45, 2.75) is 6.04 Å². The van der Waals surface area contributed by atoms with E-state index in [2.05, 4.69) is 52.3 Å². The Morgan fingerprint density at radius 1 is 0.633 bits per heavy atom. The molecular weight excluding hydrogens is 392 g/mol. The molecule has 1 aliphatic carbocycles. The van der Waals surface area contributed by atoms with E-state index in [9.17, 15) is 0 Å². The fourth-order valence-corrected chi connectivity index (χ4v) is 4.30. The number of rotatable bonds is 4. The average molecular weight is 415 g/mol. The lowest BCUT2D eigenvalue weighted by molar-refractivity contribution is 0.211. The molecule has 0 saturated carbocycles. The summed E-state index contributed by atoms with van der Waals surface area (Å²) in [6.45, 7) is 3.69. The van der Waals surface area contributed by atoms with Crippen LogP contribution in [0.4, 0.5) is 5.95 Å². The standard InChI is InChI=1S/C25H23ClN4/c26-21-13-11-20(12-14-21)24(19-7-3-1-4-8-19)29-15-17-30(18-16-29)25-27-22-9-5-2-6-10-23(22)28-25/h1-14,24H,15-18H2. The van der Waals surface area contributed by atoms with Gasteiger partial charge in [-0.15, -0.1) is 0 Å². The topological polar surface area (TPSA) is 32.3 Å². The van der Waals surface area contributed by atoms with Crippen molar-refractivity contribution in [1.29, 1.82) is 0 Å². The maximum absolute atomic E-state index is 6.14. The lowest BCUT2D eigenvalue weighted by Crippen LogP contribution is -2.48. The van der Waals surface area contributed by atoms with Crippen molar-refractivity contribution >= 4 is 17.5 Å². The smallest absolute Gasteiger partial charge is 0.226 e. The van der Waals surface area contributed by atoms with Crippen LogP contribution in [0, 0.1) is 0 Å². The van der Waals surface area contributed by atoms with Crippen LogP contribution in [0.15, 0.2) is 84.9 Å². The second-order valence-electron chi connectivity index (χ2n) is 7.59. The van der Waals surface area contributed by atoms with Gasteiger partial charge in [0.15, 0.2) is 0 Å². The maximum atomic E-state index is 6.14. The molecule has 0 amide bonds. The molecule has 30 heavy (non-hydrogen) atoms. The number of hydrogen-bond acceptors (Lipinski definition) is 4. The van der Waals surface area contributed by atoms with Crippen LogP contribution in [0.25, 0.3) is 11.4 Å². The summed E-state index contributed by atoms with van der Waals surface area (Å²) >= 11 is 6.14.